The van der Waals surface area contributed by atoms with Gasteiger partial charge in [0.1, 0.15) is 11.6 Å². The number of aryl methyl sites for hydroxylation is 2. The van der Waals surface area contributed by atoms with Crippen LogP contribution in [0, 0.1) is 19.7 Å². The van der Waals surface area contributed by atoms with Crippen LogP contribution in [0.4, 0.5) is 4.39 Å². The molecule has 0 bridgehead atoms. The van der Waals surface area contributed by atoms with E-state index in [1.807, 2.05) is 32.0 Å². The quantitative estimate of drug-likeness (QED) is 0.636. The summed E-state index contributed by atoms with van der Waals surface area (Å²) in [5.74, 6) is -0.0845. The predicted molar refractivity (Wildman–Crippen MR) is 91.2 cm³/mol. The molecule has 2 rings (SSSR count). The maximum atomic E-state index is 13.1. The van der Waals surface area contributed by atoms with Gasteiger partial charge in [0.25, 0.3) is 5.91 Å². The number of rotatable bonds is 5. The van der Waals surface area contributed by atoms with Gasteiger partial charge in [-0.15, -0.1) is 0 Å². The van der Waals surface area contributed by atoms with E-state index >= 15 is 0 Å². The van der Waals surface area contributed by atoms with E-state index in [9.17, 15) is 9.18 Å². The third-order valence-electron chi connectivity index (χ3n) is 2.91. The molecule has 120 valence electrons. The summed E-state index contributed by atoms with van der Waals surface area (Å²) in [6.45, 7) is 3.80. The molecule has 6 heteroatoms. The minimum Gasteiger partial charge on any atom is -0.484 e. The number of nitrogens with one attached hydrogen (secondary N) is 1. The lowest BCUT2D eigenvalue weighted by molar-refractivity contribution is -0.123. The Bertz CT molecular complexity index is 727. The van der Waals surface area contributed by atoms with Gasteiger partial charge in [0.2, 0.25) is 0 Å². The molecule has 2 aromatic rings. The minimum absolute atomic E-state index is 0.132. The topological polar surface area (TPSA) is 50.7 Å². The van der Waals surface area contributed by atoms with Crippen molar-refractivity contribution in [1.82, 2.24) is 5.43 Å². The third kappa shape index (κ3) is 5.49. The van der Waals surface area contributed by atoms with Crippen LogP contribution in [0.2, 0.25) is 0 Å². The highest BCUT2D eigenvalue weighted by Crippen LogP contribution is 2.16. The lowest BCUT2D eigenvalue weighted by Gasteiger charge is -2.07. The number of halogens is 2. The highest BCUT2D eigenvalue weighted by atomic mass is 79.9. The SMILES string of the molecule is Cc1cc(C)cc(OCC(=O)N/N=C/c2ccc(F)c(Br)c2)c1. The molecular weight excluding hydrogens is 363 g/mol. The smallest absolute Gasteiger partial charge is 0.277 e. The summed E-state index contributed by atoms with van der Waals surface area (Å²) in [5, 5.41) is 3.81. The highest BCUT2D eigenvalue weighted by Gasteiger charge is 2.03. The van der Waals surface area contributed by atoms with Gasteiger partial charge in [-0.3, -0.25) is 4.79 Å². The van der Waals surface area contributed by atoms with E-state index < -0.39 is 0 Å². The number of hydrogen-bond donors (Lipinski definition) is 1. The Morgan fingerprint density at radius 2 is 1.96 bits per heavy atom. The molecule has 0 atom stereocenters. The van der Waals surface area contributed by atoms with E-state index in [0.717, 1.165) is 11.1 Å². The fraction of sp³-hybridized carbons (Fsp3) is 0.176. The van der Waals surface area contributed by atoms with E-state index in [0.29, 0.717) is 15.8 Å². The molecule has 0 saturated carbocycles. The first-order valence-electron chi connectivity index (χ1n) is 6.92. The average molecular weight is 379 g/mol. The van der Waals surface area contributed by atoms with Crippen molar-refractivity contribution in [2.75, 3.05) is 6.61 Å². The summed E-state index contributed by atoms with van der Waals surface area (Å²) >= 11 is 3.09. The second-order valence-electron chi connectivity index (χ2n) is 5.08. The molecule has 0 aliphatic carbocycles. The van der Waals surface area contributed by atoms with Crippen molar-refractivity contribution in [3.05, 3.63) is 63.4 Å². The Labute approximate surface area is 142 Å². The number of amides is 1. The fourth-order valence-electron chi connectivity index (χ4n) is 1.97. The Hall–Kier alpha value is -2.21. The van der Waals surface area contributed by atoms with Crippen LogP contribution in [-0.2, 0) is 4.79 Å². The van der Waals surface area contributed by atoms with Crippen LogP contribution in [0.25, 0.3) is 0 Å². The number of nitrogens with zero attached hydrogens (tertiary/aromatic N) is 1. The molecule has 0 saturated heterocycles. The van der Waals surface area contributed by atoms with Gasteiger partial charge in [-0.05, 0) is 70.7 Å². The molecule has 0 aliphatic heterocycles. The molecule has 0 heterocycles. The molecule has 4 nitrogen and oxygen atoms in total. The highest BCUT2D eigenvalue weighted by molar-refractivity contribution is 9.10. The van der Waals surface area contributed by atoms with Gasteiger partial charge in [0.15, 0.2) is 6.61 Å². The van der Waals surface area contributed by atoms with Crippen molar-refractivity contribution in [2.24, 2.45) is 5.10 Å². The number of hydrazone groups is 1. The van der Waals surface area contributed by atoms with E-state index in [1.165, 1.54) is 12.3 Å². The number of carbonyl (C=O) groups excluding carboxylic acids is 1. The molecule has 0 unspecified atom stereocenters. The molecular formula is C17H16BrFN2O2. The first kappa shape index (κ1) is 17.1. The average Bonchev–Trinajstić information content (AvgIpc) is 2.48. The fourth-order valence-corrected chi connectivity index (χ4v) is 2.37. The van der Waals surface area contributed by atoms with Crippen LogP contribution >= 0.6 is 15.9 Å². The van der Waals surface area contributed by atoms with Gasteiger partial charge in [-0.1, -0.05) is 12.1 Å². The number of carbonyl (C=O) groups is 1. The zero-order valence-electron chi connectivity index (χ0n) is 12.8. The van der Waals surface area contributed by atoms with Crippen LogP contribution in [0.3, 0.4) is 0 Å². The van der Waals surface area contributed by atoms with Crippen molar-refractivity contribution in [3.8, 4) is 5.75 Å². The molecule has 0 fully saturated rings. The van der Waals surface area contributed by atoms with Gasteiger partial charge in [0.05, 0.1) is 10.7 Å². The van der Waals surface area contributed by atoms with Crippen molar-refractivity contribution in [1.29, 1.82) is 0 Å². The molecule has 1 N–H and O–H groups in total. The van der Waals surface area contributed by atoms with Crippen LogP contribution in [0.5, 0.6) is 5.75 Å². The Balaban J connectivity index is 1.85. The van der Waals surface area contributed by atoms with E-state index in [4.69, 9.17) is 4.74 Å². The van der Waals surface area contributed by atoms with Crippen molar-refractivity contribution >= 4 is 28.1 Å². The number of ether oxygens (including phenoxy) is 1. The lowest BCUT2D eigenvalue weighted by atomic mass is 10.1. The third-order valence-corrected chi connectivity index (χ3v) is 3.52. The Kier molecular flexibility index (Phi) is 5.87. The lowest BCUT2D eigenvalue weighted by Crippen LogP contribution is -2.24. The molecule has 0 radical (unpaired) electrons. The summed E-state index contributed by atoms with van der Waals surface area (Å²) < 4.78 is 18.9. The van der Waals surface area contributed by atoms with E-state index in [-0.39, 0.29) is 18.3 Å². The van der Waals surface area contributed by atoms with E-state index in [2.05, 4.69) is 26.5 Å². The van der Waals surface area contributed by atoms with E-state index in [1.54, 1.807) is 12.1 Å². The Morgan fingerprint density at radius 3 is 2.61 bits per heavy atom. The van der Waals surface area contributed by atoms with Crippen molar-refractivity contribution in [2.45, 2.75) is 13.8 Å². The number of benzene rings is 2. The molecule has 0 spiro atoms. The second-order valence-corrected chi connectivity index (χ2v) is 5.93. The van der Waals surface area contributed by atoms with Gasteiger partial charge in [0, 0.05) is 0 Å². The summed E-state index contributed by atoms with van der Waals surface area (Å²) in [4.78, 5) is 11.7. The molecule has 0 aromatic heterocycles. The zero-order valence-corrected chi connectivity index (χ0v) is 14.4. The van der Waals surface area contributed by atoms with Gasteiger partial charge in [-0.25, -0.2) is 9.82 Å². The maximum absolute atomic E-state index is 13.1. The first-order valence-corrected chi connectivity index (χ1v) is 7.71. The molecule has 2 aromatic carbocycles. The van der Waals surface area contributed by atoms with Crippen LogP contribution < -0.4 is 10.2 Å². The summed E-state index contributed by atoms with van der Waals surface area (Å²) in [6, 6.07) is 10.2. The van der Waals surface area contributed by atoms with Crippen LogP contribution in [-0.4, -0.2) is 18.7 Å². The summed E-state index contributed by atoms with van der Waals surface area (Å²) in [5.41, 5.74) is 5.16. The predicted octanol–water partition coefficient (Wildman–Crippen LogP) is 3.73. The molecule has 23 heavy (non-hydrogen) atoms. The van der Waals surface area contributed by atoms with Gasteiger partial charge < -0.3 is 4.74 Å². The zero-order chi connectivity index (χ0) is 16.8. The minimum atomic E-state index is -0.374. The Morgan fingerprint density at radius 1 is 1.26 bits per heavy atom. The molecule has 0 aliphatic rings. The standard InChI is InChI=1S/C17H16BrFN2O2/c1-11-5-12(2)7-14(6-11)23-10-17(22)21-20-9-13-3-4-16(19)15(18)8-13/h3-9H,10H2,1-2H3,(H,21,22)/b20-9+. The van der Waals surface area contributed by atoms with Crippen molar-refractivity contribution < 1.29 is 13.9 Å². The van der Waals surface area contributed by atoms with Crippen LogP contribution in [0.1, 0.15) is 16.7 Å². The molecule has 1 amide bonds. The number of hydrogen-bond acceptors (Lipinski definition) is 3. The van der Waals surface area contributed by atoms with Crippen LogP contribution in [0.15, 0.2) is 46.0 Å². The van der Waals surface area contributed by atoms with Gasteiger partial charge >= 0.3 is 0 Å². The summed E-state index contributed by atoms with van der Waals surface area (Å²) in [7, 11) is 0. The maximum Gasteiger partial charge on any atom is 0.277 e. The summed E-state index contributed by atoms with van der Waals surface area (Å²) in [6.07, 6.45) is 1.43. The van der Waals surface area contributed by atoms with Gasteiger partial charge in [-0.2, -0.15) is 5.10 Å². The monoisotopic (exact) mass is 378 g/mol. The first-order chi connectivity index (χ1) is 10.9. The van der Waals surface area contributed by atoms with Crippen molar-refractivity contribution in [3.63, 3.8) is 0 Å². The normalized spacial score (nSPS) is 10.8. The second kappa shape index (κ2) is 7.87. The largest absolute Gasteiger partial charge is 0.484 e.